The lowest BCUT2D eigenvalue weighted by molar-refractivity contribution is 0.0934. The average molecular weight is 360 g/mol. The maximum absolute atomic E-state index is 13.7. The summed E-state index contributed by atoms with van der Waals surface area (Å²) in [5.41, 5.74) is 0.570. The van der Waals surface area contributed by atoms with Gasteiger partial charge in [-0.05, 0) is 36.8 Å². The number of benzene rings is 2. The van der Waals surface area contributed by atoms with Crippen molar-refractivity contribution >= 4 is 5.91 Å². The van der Waals surface area contributed by atoms with Crippen LogP contribution >= 0.6 is 0 Å². The van der Waals surface area contributed by atoms with E-state index in [1.807, 2.05) is 0 Å². The van der Waals surface area contributed by atoms with Crippen LogP contribution < -0.4 is 5.32 Å². The van der Waals surface area contributed by atoms with Crippen LogP contribution in [0.15, 0.2) is 48.7 Å². The van der Waals surface area contributed by atoms with Gasteiger partial charge in [-0.1, -0.05) is 23.4 Å². The molecule has 1 N–H and O–H groups in total. The number of aromatic nitrogens is 3. The normalized spacial score (nSPS) is 12.0. The zero-order valence-electron chi connectivity index (χ0n) is 13.8. The Kier molecular flexibility index (Phi) is 5.01. The van der Waals surface area contributed by atoms with Crippen LogP contribution in [0, 0.1) is 17.5 Å². The van der Waals surface area contributed by atoms with Gasteiger partial charge in [-0.25, -0.2) is 17.9 Å². The van der Waals surface area contributed by atoms with Crippen molar-refractivity contribution in [2.45, 2.75) is 19.5 Å². The summed E-state index contributed by atoms with van der Waals surface area (Å²) in [6.45, 7) is 1.55. The van der Waals surface area contributed by atoms with E-state index in [1.165, 1.54) is 29.1 Å². The van der Waals surface area contributed by atoms with Crippen LogP contribution in [-0.4, -0.2) is 20.9 Å². The molecule has 0 saturated heterocycles. The van der Waals surface area contributed by atoms with E-state index < -0.39 is 17.5 Å². The third-order valence-corrected chi connectivity index (χ3v) is 3.87. The molecule has 0 radical (unpaired) electrons. The van der Waals surface area contributed by atoms with Crippen LogP contribution in [0.25, 0.3) is 0 Å². The summed E-state index contributed by atoms with van der Waals surface area (Å²) in [7, 11) is 0. The Morgan fingerprint density at radius 2 is 1.77 bits per heavy atom. The Labute approximate surface area is 147 Å². The lowest BCUT2D eigenvalue weighted by Crippen LogP contribution is -2.27. The fourth-order valence-electron chi connectivity index (χ4n) is 2.43. The number of hydrogen-bond acceptors (Lipinski definition) is 3. The Hall–Kier alpha value is -3.16. The predicted molar refractivity (Wildman–Crippen MR) is 87.8 cm³/mol. The minimum atomic E-state index is -0.698. The molecule has 0 bridgehead atoms. The maximum atomic E-state index is 13.7. The monoisotopic (exact) mass is 360 g/mol. The molecular formula is C18H15F3N4O. The zero-order valence-corrected chi connectivity index (χ0v) is 13.8. The Morgan fingerprint density at radius 1 is 1.12 bits per heavy atom. The summed E-state index contributed by atoms with van der Waals surface area (Å²) in [5, 5.41) is 10.2. The molecule has 0 saturated carbocycles. The van der Waals surface area contributed by atoms with E-state index in [9.17, 15) is 18.0 Å². The van der Waals surface area contributed by atoms with Gasteiger partial charge in [0, 0.05) is 5.56 Å². The van der Waals surface area contributed by atoms with Crippen LogP contribution in [0.5, 0.6) is 0 Å². The second kappa shape index (κ2) is 7.38. The summed E-state index contributed by atoms with van der Waals surface area (Å²) in [5.74, 6) is -2.26. The molecule has 1 amide bonds. The van der Waals surface area contributed by atoms with Crippen LogP contribution in [-0.2, 0) is 6.54 Å². The molecular weight excluding hydrogens is 345 g/mol. The highest BCUT2D eigenvalue weighted by atomic mass is 19.1. The third-order valence-electron chi connectivity index (χ3n) is 3.87. The van der Waals surface area contributed by atoms with E-state index in [2.05, 4.69) is 15.6 Å². The average Bonchev–Trinajstić information content (AvgIpc) is 3.07. The summed E-state index contributed by atoms with van der Waals surface area (Å²) in [6, 6.07) is 8.92. The van der Waals surface area contributed by atoms with Crippen molar-refractivity contribution in [3.8, 4) is 0 Å². The van der Waals surface area contributed by atoms with Crippen LogP contribution in [0.2, 0.25) is 0 Å². The van der Waals surface area contributed by atoms with E-state index in [0.717, 1.165) is 17.7 Å². The van der Waals surface area contributed by atoms with Gasteiger partial charge < -0.3 is 5.32 Å². The molecule has 0 fully saturated rings. The lowest BCUT2D eigenvalue weighted by atomic mass is 10.1. The highest BCUT2D eigenvalue weighted by Crippen LogP contribution is 2.15. The van der Waals surface area contributed by atoms with Gasteiger partial charge in [-0.15, -0.1) is 5.10 Å². The summed E-state index contributed by atoms with van der Waals surface area (Å²) < 4.78 is 41.5. The molecule has 2 aromatic carbocycles. The molecule has 0 aliphatic rings. The minimum absolute atomic E-state index is 0.00992. The van der Waals surface area contributed by atoms with Gasteiger partial charge in [-0.2, -0.15) is 0 Å². The summed E-state index contributed by atoms with van der Waals surface area (Å²) >= 11 is 0. The molecule has 8 heteroatoms. The van der Waals surface area contributed by atoms with Crippen molar-refractivity contribution < 1.29 is 18.0 Å². The molecule has 1 heterocycles. The van der Waals surface area contributed by atoms with Gasteiger partial charge in [0.15, 0.2) is 5.69 Å². The van der Waals surface area contributed by atoms with E-state index in [1.54, 1.807) is 19.1 Å². The molecule has 0 aliphatic heterocycles. The second-order valence-electron chi connectivity index (χ2n) is 5.75. The number of amides is 1. The van der Waals surface area contributed by atoms with Crippen molar-refractivity contribution in [2.24, 2.45) is 0 Å². The molecule has 0 aliphatic carbocycles. The molecule has 1 atom stereocenters. The van der Waals surface area contributed by atoms with E-state index in [-0.39, 0.29) is 29.7 Å². The highest BCUT2D eigenvalue weighted by Gasteiger charge is 2.16. The minimum Gasteiger partial charge on any atom is -0.344 e. The molecule has 26 heavy (non-hydrogen) atoms. The molecule has 0 unspecified atom stereocenters. The smallest absolute Gasteiger partial charge is 0.273 e. The number of nitrogens with zero attached hydrogens (tertiary/aromatic N) is 3. The number of halogens is 3. The fraction of sp³-hybridized carbons (Fsp3) is 0.167. The topological polar surface area (TPSA) is 59.8 Å². The first-order chi connectivity index (χ1) is 12.4. The Morgan fingerprint density at radius 3 is 2.42 bits per heavy atom. The first-order valence-corrected chi connectivity index (χ1v) is 7.83. The van der Waals surface area contributed by atoms with Crippen molar-refractivity contribution in [3.63, 3.8) is 0 Å². The molecule has 134 valence electrons. The second-order valence-corrected chi connectivity index (χ2v) is 5.75. The maximum Gasteiger partial charge on any atom is 0.273 e. The van der Waals surface area contributed by atoms with Gasteiger partial charge in [0.05, 0.1) is 18.8 Å². The fourth-order valence-corrected chi connectivity index (χ4v) is 2.43. The quantitative estimate of drug-likeness (QED) is 0.760. The number of nitrogens with one attached hydrogen (secondary N) is 1. The van der Waals surface area contributed by atoms with Crippen molar-refractivity contribution in [3.05, 3.63) is 82.9 Å². The van der Waals surface area contributed by atoms with Gasteiger partial charge in [0.25, 0.3) is 5.91 Å². The lowest BCUT2D eigenvalue weighted by Gasteiger charge is -2.13. The zero-order chi connectivity index (χ0) is 18.7. The van der Waals surface area contributed by atoms with E-state index >= 15 is 0 Å². The SMILES string of the molecule is C[C@H](NC(=O)c1cn(Cc2c(F)cccc2F)nn1)c1ccc(F)cc1. The molecule has 0 spiro atoms. The van der Waals surface area contributed by atoms with E-state index in [0.29, 0.717) is 0 Å². The largest absolute Gasteiger partial charge is 0.344 e. The number of carbonyl (C=O) groups excluding carboxylic acids is 1. The Balaban J connectivity index is 1.69. The van der Waals surface area contributed by atoms with Crippen molar-refractivity contribution in [1.82, 2.24) is 20.3 Å². The first kappa shape index (κ1) is 17.7. The number of rotatable bonds is 5. The van der Waals surface area contributed by atoms with Gasteiger partial charge >= 0.3 is 0 Å². The van der Waals surface area contributed by atoms with Crippen molar-refractivity contribution in [2.75, 3.05) is 0 Å². The molecule has 1 aromatic heterocycles. The van der Waals surface area contributed by atoms with E-state index in [4.69, 9.17) is 0 Å². The summed E-state index contributed by atoms with van der Waals surface area (Å²) in [4.78, 5) is 12.2. The Bertz CT molecular complexity index is 904. The van der Waals surface area contributed by atoms with Crippen molar-refractivity contribution in [1.29, 1.82) is 0 Å². The van der Waals surface area contributed by atoms with Crippen LogP contribution in [0.1, 0.15) is 34.6 Å². The van der Waals surface area contributed by atoms with Gasteiger partial charge in [-0.3, -0.25) is 4.79 Å². The third kappa shape index (κ3) is 3.90. The summed E-state index contributed by atoms with van der Waals surface area (Å²) in [6.07, 6.45) is 1.30. The van der Waals surface area contributed by atoms with Crippen LogP contribution in [0.4, 0.5) is 13.2 Å². The standard InChI is InChI=1S/C18H15F3N4O/c1-11(12-5-7-13(19)8-6-12)22-18(26)17-10-25(24-23-17)9-14-15(20)3-2-4-16(14)21/h2-8,10-11H,9H2,1H3,(H,22,26)/t11-/m0/s1. The van der Waals surface area contributed by atoms with Gasteiger partial charge in [0.2, 0.25) is 0 Å². The molecule has 3 aromatic rings. The highest BCUT2D eigenvalue weighted by molar-refractivity contribution is 5.92. The molecule has 5 nitrogen and oxygen atoms in total. The van der Waals surface area contributed by atoms with Crippen LogP contribution in [0.3, 0.4) is 0 Å². The predicted octanol–water partition coefficient (Wildman–Crippen LogP) is 3.23. The van der Waals surface area contributed by atoms with Gasteiger partial charge in [0.1, 0.15) is 17.5 Å². The molecule has 3 rings (SSSR count). The number of carbonyl (C=O) groups is 1. The first-order valence-electron chi connectivity index (χ1n) is 7.83. The number of hydrogen-bond donors (Lipinski definition) is 1.